The van der Waals surface area contributed by atoms with Crippen molar-refractivity contribution >= 4 is 23.3 Å². The summed E-state index contributed by atoms with van der Waals surface area (Å²) >= 11 is 0. The number of aromatic nitrogens is 3. The number of nitrogens with one attached hydrogen (secondary N) is 1. The molecule has 0 saturated heterocycles. The second-order valence-corrected chi connectivity index (χ2v) is 3.74. The zero-order chi connectivity index (χ0) is 11.5. The molecule has 0 aliphatic heterocycles. The smallest absolute Gasteiger partial charge is 0.178 e. The first-order valence-electron chi connectivity index (χ1n) is 5.46. The lowest BCUT2D eigenvalue weighted by Crippen LogP contribution is -1.74. The Hall–Kier alpha value is -2.42. The van der Waals surface area contributed by atoms with Crippen LogP contribution < -0.4 is 0 Å². The first-order valence-corrected chi connectivity index (χ1v) is 5.46. The molecule has 1 N–H and O–H groups in total. The van der Waals surface area contributed by atoms with Gasteiger partial charge in [-0.15, -0.1) is 0 Å². The Morgan fingerprint density at radius 3 is 2.65 bits per heavy atom. The minimum Gasteiger partial charge on any atom is -0.337 e. The number of imidazole rings is 1. The third kappa shape index (κ3) is 2.08. The van der Waals surface area contributed by atoms with Crippen molar-refractivity contribution in [2.24, 2.45) is 0 Å². The van der Waals surface area contributed by atoms with Gasteiger partial charge in [-0.2, -0.15) is 0 Å². The summed E-state index contributed by atoms with van der Waals surface area (Å²) in [7, 11) is 0. The minimum absolute atomic E-state index is 0.750. The second kappa shape index (κ2) is 4.22. The van der Waals surface area contributed by atoms with Crippen LogP contribution in [0.25, 0.3) is 23.3 Å². The number of hydrogen-bond donors (Lipinski definition) is 1. The number of pyridine rings is 1. The van der Waals surface area contributed by atoms with Crippen molar-refractivity contribution in [2.45, 2.75) is 0 Å². The summed E-state index contributed by atoms with van der Waals surface area (Å²) < 4.78 is 0. The standard InChI is InChI=1S/C14H11N3/c1-2-5-11(6-3-1)8-9-13-16-12-7-4-10-15-14(12)17-13/h1-10H,(H,15,16,17)/b9-8+. The number of H-pyrrole nitrogens is 1. The SMILES string of the molecule is C(=C\c1nc2ncccc2[nH]1)/c1ccccc1. The molecule has 1 aromatic carbocycles. The molecule has 0 fully saturated rings. The molecule has 0 aliphatic rings. The van der Waals surface area contributed by atoms with Crippen LogP contribution in [0.1, 0.15) is 11.4 Å². The van der Waals surface area contributed by atoms with Crippen molar-refractivity contribution < 1.29 is 0 Å². The summed E-state index contributed by atoms with van der Waals surface area (Å²) in [5, 5.41) is 0. The Morgan fingerprint density at radius 2 is 1.82 bits per heavy atom. The molecular weight excluding hydrogens is 210 g/mol. The summed E-state index contributed by atoms with van der Waals surface area (Å²) in [5.74, 6) is 0.822. The molecule has 0 bridgehead atoms. The maximum atomic E-state index is 4.37. The van der Waals surface area contributed by atoms with Crippen molar-refractivity contribution in [1.29, 1.82) is 0 Å². The highest BCUT2D eigenvalue weighted by Crippen LogP contribution is 2.10. The van der Waals surface area contributed by atoms with Crippen LogP contribution in [-0.2, 0) is 0 Å². The molecule has 2 aromatic heterocycles. The van der Waals surface area contributed by atoms with Crippen molar-refractivity contribution in [3.8, 4) is 0 Å². The average Bonchev–Trinajstić information content (AvgIpc) is 2.80. The van der Waals surface area contributed by atoms with Crippen molar-refractivity contribution in [2.75, 3.05) is 0 Å². The van der Waals surface area contributed by atoms with Crippen LogP contribution >= 0.6 is 0 Å². The van der Waals surface area contributed by atoms with Gasteiger partial charge < -0.3 is 4.98 Å². The van der Waals surface area contributed by atoms with Crippen molar-refractivity contribution in [3.63, 3.8) is 0 Å². The maximum Gasteiger partial charge on any atom is 0.178 e. The van der Waals surface area contributed by atoms with Gasteiger partial charge in [-0.25, -0.2) is 9.97 Å². The molecule has 0 atom stereocenters. The molecule has 17 heavy (non-hydrogen) atoms. The van der Waals surface area contributed by atoms with Gasteiger partial charge in [0.15, 0.2) is 5.65 Å². The van der Waals surface area contributed by atoms with E-state index >= 15 is 0 Å². The molecule has 3 heteroatoms. The predicted molar refractivity (Wildman–Crippen MR) is 69.3 cm³/mol. The van der Waals surface area contributed by atoms with Gasteiger partial charge in [-0.3, -0.25) is 0 Å². The third-order valence-corrected chi connectivity index (χ3v) is 2.51. The van der Waals surface area contributed by atoms with Gasteiger partial charge in [0, 0.05) is 6.20 Å². The van der Waals surface area contributed by atoms with E-state index in [4.69, 9.17) is 0 Å². The molecule has 0 saturated carbocycles. The summed E-state index contributed by atoms with van der Waals surface area (Å²) in [6.07, 6.45) is 5.72. The molecule has 0 amide bonds. The maximum absolute atomic E-state index is 4.37. The number of nitrogens with zero attached hydrogens (tertiary/aromatic N) is 2. The van der Waals surface area contributed by atoms with Crippen LogP contribution in [0.4, 0.5) is 0 Å². The Bertz CT molecular complexity index is 620. The molecule has 3 nitrogen and oxygen atoms in total. The summed E-state index contributed by atoms with van der Waals surface area (Å²) in [5.41, 5.74) is 2.86. The van der Waals surface area contributed by atoms with E-state index < -0.39 is 0 Å². The van der Waals surface area contributed by atoms with Crippen molar-refractivity contribution in [3.05, 3.63) is 60.0 Å². The zero-order valence-corrected chi connectivity index (χ0v) is 9.17. The Balaban J connectivity index is 1.92. The van der Waals surface area contributed by atoms with Crippen LogP contribution in [0, 0.1) is 0 Å². The van der Waals surface area contributed by atoms with Crippen LogP contribution in [0.2, 0.25) is 0 Å². The van der Waals surface area contributed by atoms with Gasteiger partial charge in [-0.1, -0.05) is 36.4 Å². The zero-order valence-electron chi connectivity index (χ0n) is 9.17. The van der Waals surface area contributed by atoms with E-state index in [0.29, 0.717) is 0 Å². The lowest BCUT2D eigenvalue weighted by atomic mass is 10.2. The van der Waals surface area contributed by atoms with E-state index in [-0.39, 0.29) is 0 Å². The van der Waals surface area contributed by atoms with Crippen molar-refractivity contribution in [1.82, 2.24) is 15.0 Å². The Labute approximate surface area is 98.9 Å². The summed E-state index contributed by atoms with van der Waals surface area (Å²) in [6.45, 7) is 0. The van der Waals surface area contributed by atoms with Crippen LogP contribution in [0.5, 0.6) is 0 Å². The lowest BCUT2D eigenvalue weighted by Gasteiger charge is -1.89. The monoisotopic (exact) mass is 221 g/mol. The highest BCUT2D eigenvalue weighted by molar-refractivity contribution is 5.75. The quantitative estimate of drug-likeness (QED) is 0.722. The van der Waals surface area contributed by atoms with E-state index in [0.717, 1.165) is 22.6 Å². The predicted octanol–water partition coefficient (Wildman–Crippen LogP) is 3.13. The van der Waals surface area contributed by atoms with Gasteiger partial charge in [-0.05, 0) is 23.8 Å². The molecule has 3 rings (SSSR count). The fourth-order valence-corrected chi connectivity index (χ4v) is 1.68. The molecule has 0 unspecified atom stereocenters. The van der Waals surface area contributed by atoms with E-state index in [9.17, 15) is 0 Å². The van der Waals surface area contributed by atoms with Crippen LogP contribution in [0.15, 0.2) is 48.7 Å². The van der Waals surface area contributed by atoms with Gasteiger partial charge in [0.25, 0.3) is 0 Å². The first-order chi connectivity index (χ1) is 8.42. The Kier molecular flexibility index (Phi) is 2.43. The average molecular weight is 221 g/mol. The Morgan fingerprint density at radius 1 is 0.941 bits per heavy atom. The fourth-order valence-electron chi connectivity index (χ4n) is 1.68. The fraction of sp³-hybridized carbons (Fsp3) is 0. The molecule has 0 spiro atoms. The molecule has 82 valence electrons. The van der Waals surface area contributed by atoms with Gasteiger partial charge in [0.1, 0.15) is 5.82 Å². The lowest BCUT2D eigenvalue weighted by molar-refractivity contribution is 1.27. The van der Waals surface area contributed by atoms with Gasteiger partial charge >= 0.3 is 0 Å². The number of hydrogen-bond acceptors (Lipinski definition) is 2. The number of rotatable bonds is 2. The van der Waals surface area contributed by atoms with Gasteiger partial charge in [0.05, 0.1) is 5.52 Å². The minimum atomic E-state index is 0.750. The van der Waals surface area contributed by atoms with E-state index in [1.165, 1.54) is 0 Å². The molecular formula is C14H11N3. The van der Waals surface area contributed by atoms with Gasteiger partial charge in [0.2, 0.25) is 0 Å². The van der Waals surface area contributed by atoms with E-state index in [1.807, 2.05) is 42.5 Å². The summed E-state index contributed by atoms with van der Waals surface area (Å²) in [6, 6.07) is 14.0. The van der Waals surface area contributed by atoms with E-state index in [2.05, 4.69) is 27.1 Å². The highest BCUT2D eigenvalue weighted by atomic mass is 15.0. The molecule has 3 aromatic rings. The van der Waals surface area contributed by atoms with Crippen LogP contribution in [-0.4, -0.2) is 15.0 Å². The molecule has 0 radical (unpaired) electrons. The normalized spacial score (nSPS) is 11.3. The van der Waals surface area contributed by atoms with Crippen LogP contribution in [0.3, 0.4) is 0 Å². The first kappa shape index (κ1) is 9.78. The number of benzene rings is 1. The summed E-state index contributed by atoms with van der Waals surface area (Å²) in [4.78, 5) is 11.8. The topological polar surface area (TPSA) is 41.6 Å². The number of fused-ring (bicyclic) bond motifs is 1. The third-order valence-electron chi connectivity index (χ3n) is 2.51. The van der Waals surface area contributed by atoms with E-state index in [1.54, 1.807) is 6.20 Å². The molecule has 2 heterocycles. The largest absolute Gasteiger partial charge is 0.337 e. The second-order valence-electron chi connectivity index (χ2n) is 3.74. The molecule has 0 aliphatic carbocycles. The number of aromatic amines is 1. The highest BCUT2D eigenvalue weighted by Gasteiger charge is 1.98.